The van der Waals surface area contributed by atoms with Crippen LogP contribution in [0.2, 0.25) is 0 Å². The minimum Gasteiger partial charge on any atom is -0.279 e. The van der Waals surface area contributed by atoms with Gasteiger partial charge >= 0.3 is 15.6 Å². The first kappa shape index (κ1) is 16.3. The van der Waals surface area contributed by atoms with Gasteiger partial charge in [0.2, 0.25) is 0 Å². The van der Waals surface area contributed by atoms with E-state index in [1.54, 1.807) is 0 Å². The molecule has 0 aliphatic rings. The van der Waals surface area contributed by atoms with Crippen LogP contribution in [0.15, 0.2) is 23.1 Å². The first-order valence-electron chi connectivity index (χ1n) is 4.25. The number of aryl methyl sites for hydroxylation is 1. The predicted molar refractivity (Wildman–Crippen MR) is 60.8 cm³/mol. The van der Waals surface area contributed by atoms with Crippen LogP contribution < -0.4 is 0 Å². The van der Waals surface area contributed by atoms with Crippen LogP contribution in [0, 0.1) is 13.8 Å². The van der Waals surface area contributed by atoms with Gasteiger partial charge in [-0.25, -0.2) is 0 Å². The Balaban J connectivity index is 0.000000304. The molecule has 0 aliphatic carbocycles. The molecule has 0 fully saturated rings. The summed E-state index contributed by atoms with van der Waals surface area (Å²) in [5, 5.41) is 0. The molecule has 98 valence electrons. The van der Waals surface area contributed by atoms with Gasteiger partial charge in [0.1, 0.15) is 0 Å². The van der Waals surface area contributed by atoms with Crippen LogP contribution in [0.5, 0.6) is 0 Å². The van der Waals surface area contributed by atoms with Gasteiger partial charge < -0.3 is 0 Å². The molecule has 0 amide bonds. The zero-order chi connectivity index (χ0) is 13.9. The zero-order valence-corrected chi connectivity index (χ0v) is 10.7. The number of hydrogen-bond acceptors (Lipinski definition) is 3. The lowest BCUT2D eigenvalue weighted by Gasteiger charge is -2.00. The number of rotatable bonds is 0. The van der Waals surface area contributed by atoms with Crippen LogP contribution in [0.25, 0.3) is 0 Å². The Kier molecular flexibility index (Phi) is 5.50. The third kappa shape index (κ3) is 5.42. The van der Waals surface area contributed by atoms with Gasteiger partial charge in [-0.15, -0.1) is 12.6 Å². The molecule has 0 heterocycles. The second-order valence-electron chi connectivity index (χ2n) is 3.14. The molecule has 3 nitrogen and oxygen atoms in total. The molecule has 0 saturated heterocycles. The van der Waals surface area contributed by atoms with E-state index in [9.17, 15) is 13.2 Å². The lowest BCUT2D eigenvalue weighted by Crippen LogP contribution is -2.21. The van der Waals surface area contributed by atoms with E-state index in [4.69, 9.17) is 13.0 Å². The van der Waals surface area contributed by atoms with E-state index < -0.39 is 15.6 Å². The van der Waals surface area contributed by atoms with Crippen molar-refractivity contribution in [2.24, 2.45) is 0 Å². The number of halogens is 3. The van der Waals surface area contributed by atoms with E-state index >= 15 is 0 Å². The molecule has 1 N–H and O–H groups in total. The summed E-state index contributed by atoms with van der Waals surface area (Å²) in [6.45, 7) is 4.17. The van der Waals surface area contributed by atoms with Gasteiger partial charge in [0.05, 0.1) is 0 Å². The van der Waals surface area contributed by atoms with Gasteiger partial charge in [0, 0.05) is 4.90 Å². The van der Waals surface area contributed by atoms with Crippen LogP contribution in [-0.2, 0) is 10.1 Å². The molecular formula is C9H11F3O3S2. The Morgan fingerprint density at radius 3 is 1.88 bits per heavy atom. The van der Waals surface area contributed by atoms with Crippen LogP contribution in [-0.4, -0.2) is 18.5 Å². The van der Waals surface area contributed by atoms with Crippen LogP contribution in [0.4, 0.5) is 13.2 Å². The average molecular weight is 288 g/mol. The lowest BCUT2D eigenvalue weighted by atomic mass is 10.1. The fraction of sp³-hybridized carbons (Fsp3) is 0.333. The average Bonchev–Trinajstić information content (AvgIpc) is 2.12. The summed E-state index contributed by atoms with van der Waals surface area (Å²) >= 11 is 4.27. The first-order chi connectivity index (χ1) is 7.47. The highest BCUT2D eigenvalue weighted by atomic mass is 32.2. The number of thiol groups is 1. The summed E-state index contributed by atoms with van der Waals surface area (Å²) in [5.74, 6) is 0. The van der Waals surface area contributed by atoms with Crippen LogP contribution >= 0.6 is 12.6 Å². The summed E-state index contributed by atoms with van der Waals surface area (Å²) in [4.78, 5) is 1.08. The Hall–Kier alpha value is -0.730. The Labute approximate surface area is 103 Å². The van der Waals surface area contributed by atoms with Crippen molar-refractivity contribution in [3.05, 3.63) is 29.3 Å². The number of hydrogen-bond donors (Lipinski definition) is 2. The first-order valence-corrected chi connectivity index (χ1v) is 6.14. The van der Waals surface area contributed by atoms with Crippen molar-refractivity contribution in [3.63, 3.8) is 0 Å². The second-order valence-corrected chi connectivity index (χ2v) is 5.03. The number of alkyl halides is 3. The fourth-order valence-electron chi connectivity index (χ4n) is 0.736. The molecule has 0 unspecified atom stereocenters. The number of benzene rings is 1. The summed E-state index contributed by atoms with van der Waals surface area (Å²) in [6, 6.07) is 6.12. The molecule has 0 spiro atoms. The van der Waals surface area contributed by atoms with Crippen LogP contribution in [0.1, 0.15) is 11.1 Å². The summed E-state index contributed by atoms with van der Waals surface area (Å²) in [7, 11) is -5.84. The van der Waals surface area contributed by atoms with Gasteiger partial charge in [0.25, 0.3) is 0 Å². The smallest absolute Gasteiger partial charge is 0.279 e. The molecule has 17 heavy (non-hydrogen) atoms. The zero-order valence-electron chi connectivity index (χ0n) is 8.99. The molecule has 0 aliphatic heterocycles. The van der Waals surface area contributed by atoms with E-state index in [1.807, 2.05) is 12.1 Å². The van der Waals surface area contributed by atoms with Crippen molar-refractivity contribution in [1.29, 1.82) is 0 Å². The molecule has 0 radical (unpaired) electrons. The van der Waals surface area contributed by atoms with E-state index in [1.165, 1.54) is 11.1 Å². The summed E-state index contributed by atoms with van der Waals surface area (Å²) < 4.78 is 57.5. The SMILES string of the molecule is Cc1cccc(S)c1C.O=S(=O)(O)C(F)(F)F. The Morgan fingerprint density at radius 2 is 1.65 bits per heavy atom. The third-order valence-corrected chi connectivity index (χ3v) is 2.94. The predicted octanol–water partition coefficient (Wildman–Crippen LogP) is 2.99. The topological polar surface area (TPSA) is 54.4 Å². The van der Waals surface area contributed by atoms with E-state index in [-0.39, 0.29) is 0 Å². The van der Waals surface area contributed by atoms with Gasteiger partial charge in [-0.05, 0) is 31.0 Å². The molecule has 1 aromatic rings. The highest BCUT2D eigenvalue weighted by molar-refractivity contribution is 7.86. The normalized spacial score (nSPS) is 11.7. The maximum Gasteiger partial charge on any atom is 0.522 e. The highest BCUT2D eigenvalue weighted by Crippen LogP contribution is 2.20. The Morgan fingerprint density at radius 1 is 1.24 bits per heavy atom. The molecule has 8 heteroatoms. The molecule has 1 rings (SSSR count). The van der Waals surface area contributed by atoms with Crippen molar-refractivity contribution in [1.82, 2.24) is 0 Å². The minimum atomic E-state index is -5.84. The van der Waals surface area contributed by atoms with Crippen molar-refractivity contribution in [2.45, 2.75) is 24.3 Å². The minimum absolute atomic E-state index is 1.08. The fourth-order valence-corrected chi connectivity index (χ4v) is 0.998. The molecular weight excluding hydrogens is 277 g/mol. The van der Waals surface area contributed by atoms with Gasteiger partial charge in [-0.2, -0.15) is 21.6 Å². The maximum absolute atomic E-state index is 10.7. The molecule has 0 bridgehead atoms. The van der Waals surface area contributed by atoms with Crippen molar-refractivity contribution >= 4 is 22.7 Å². The molecule has 0 atom stereocenters. The highest BCUT2D eigenvalue weighted by Gasteiger charge is 2.44. The van der Waals surface area contributed by atoms with Gasteiger partial charge in [-0.1, -0.05) is 12.1 Å². The van der Waals surface area contributed by atoms with E-state index in [2.05, 4.69) is 32.5 Å². The molecule has 0 saturated carbocycles. The molecule has 0 aromatic heterocycles. The molecule has 1 aromatic carbocycles. The monoisotopic (exact) mass is 288 g/mol. The van der Waals surface area contributed by atoms with Gasteiger partial charge in [0.15, 0.2) is 0 Å². The van der Waals surface area contributed by atoms with Crippen molar-refractivity contribution < 1.29 is 26.1 Å². The largest absolute Gasteiger partial charge is 0.522 e. The van der Waals surface area contributed by atoms with Crippen LogP contribution in [0.3, 0.4) is 0 Å². The summed E-state index contributed by atoms with van der Waals surface area (Å²) in [6.07, 6.45) is 0. The lowest BCUT2D eigenvalue weighted by molar-refractivity contribution is -0.0510. The third-order valence-electron chi connectivity index (χ3n) is 1.87. The maximum atomic E-state index is 10.7. The second kappa shape index (κ2) is 5.74. The van der Waals surface area contributed by atoms with E-state index in [0.29, 0.717) is 0 Å². The van der Waals surface area contributed by atoms with Gasteiger partial charge in [-0.3, -0.25) is 4.55 Å². The summed E-state index contributed by atoms with van der Waals surface area (Å²) in [5.41, 5.74) is -2.95. The van der Waals surface area contributed by atoms with E-state index in [0.717, 1.165) is 4.90 Å². The standard InChI is InChI=1S/C8H10S.CHF3O3S/c1-6-4-3-5-8(9)7(6)2;2-1(3,4)8(5,6)7/h3-5,9H,1-2H3;(H,5,6,7). The van der Waals surface area contributed by atoms with Crippen molar-refractivity contribution in [2.75, 3.05) is 0 Å². The quantitative estimate of drug-likeness (QED) is 0.438. The van der Waals surface area contributed by atoms with Crippen molar-refractivity contribution in [3.8, 4) is 0 Å². The Bertz CT molecular complexity index is 460.